The molecule has 1 atom stereocenters. The Morgan fingerprint density at radius 3 is 2.34 bits per heavy atom. The average Bonchev–Trinajstić information content (AvgIpc) is 3.28. The predicted molar refractivity (Wildman–Crippen MR) is 127 cm³/mol. The first-order valence-corrected chi connectivity index (χ1v) is 11.6. The van der Waals surface area contributed by atoms with Gasteiger partial charge in [-0.3, -0.25) is 19.8 Å². The summed E-state index contributed by atoms with van der Waals surface area (Å²) in [5.74, 6) is -4.19. The van der Waals surface area contributed by atoms with Crippen LogP contribution in [0.15, 0.2) is 63.5 Å². The number of thiazole rings is 1. The number of quaternary nitrogens is 1. The molecular weight excluding hydrogens is 581 g/mol. The van der Waals surface area contributed by atoms with E-state index in [0.29, 0.717) is 5.69 Å². The second kappa shape index (κ2) is 15.1. The number of carboxylic acids is 1. The number of hydrogen-bond donors (Lipinski definition) is 2. The van der Waals surface area contributed by atoms with Crippen LogP contribution in [0.25, 0.3) is 20.8 Å². The van der Waals surface area contributed by atoms with Gasteiger partial charge in [-0.1, -0.05) is 18.0 Å². The van der Waals surface area contributed by atoms with Crippen molar-refractivity contribution < 1.29 is 47.6 Å². The Balaban J connectivity index is 0.00000199. The van der Waals surface area contributed by atoms with E-state index >= 15 is 0 Å². The molecule has 0 fully saturated rings. The molecule has 1 heterocycles. The molecule has 1 aromatic heterocycles. The van der Waals surface area contributed by atoms with Gasteiger partial charge in [0.05, 0.1) is 34.9 Å². The molecule has 184 valence electrons. The summed E-state index contributed by atoms with van der Waals surface area (Å²) in [6.07, 6.45) is -0.720. The fourth-order valence-corrected chi connectivity index (χ4v) is 3.71. The number of nitrogens with zero attached hydrogens (tertiary/aromatic N) is 4. The summed E-state index contributed by atoms with van der Waals surface area (Å²) in [5.41, 5.74) is 2.16. The molecule has 0 bridgehead atoms. The predicted octanol–water partition coefficient (Wildman–Crippen LogP) is 0.516. The zero-order valence-corrected chi connectivity index (χ0v) is 21.8. The number of benzene rings is 2. The standard InChI is InChI=1S/C21H20N4O5S2.H3N.O.Tc/c26-17(10-22-20(30)15(9-19(28)29)24-18(27)11-31)23-13-7-5-12(6-8-13)21-25-14-3-1-2-4-16(14)32-21;;;/h1-8,15,31H,9-11H2,(H,22,30)(H,23,26)(H,24,27)(H,28,29);1H3;;/q;;;+3/p-3/t15-;;;/m0.../s1/i;;;1+1. The number of hydrogen-bond acceptors (Lipinski definition) is 11. The first-order valence-electron chi connectivity index (χ1n) is 9.46. The van der Waals surface area contributed by atoms with Gasteiger partial charge in [-0.2, -0.15) is 0 Å². The third kappa shape index (κ3) is 9.26. The zero-order chi connectivity index (χ0) is 25.1. The van der Waals surface area contributed by atoms with Crippen LogP contribution in [0.2, 0.25) is 0 Å². The molecule has 2 aromatic carbocycles. The van der Waals surface area contributed by atoms with Crippen LogP contribution in [0.5, 0.6) is 0 Å². The second-order valence-electron chi connectivity index (χ2n) is 6.47. The van der Waals surface area contributed by atoms with Gasteiger partial charge >= 0.3 is 28.3 Å². The molecule has 35 heavy (non-hydrogen) atoms. The summed E-state index contributed by atoms with van der Waals surface area (Å²) in [6.45, 7) is -0.591. The average molecular weight is 601 g/mol. The van der Waals surface area contributed by atoms with Crippen molar-refractivity contribution in [2.75, 3.05) is 12.3 Å². The summed E-state index contributed by atoms with van der Waals surface area (Å²) < 4.78 is 9.29. The minimum absolute atomic E-state index is 0. The van der Waals surface area contributed by atoms with E-state index in [1.807, 2.05) is 24.3 Å². The van der Waals surface area contributed by atoms with Gasteiger partial charge in [0.2, 0.25) is 0 Å². The van der Waals surface area contributed by atoms with E-state index in [-0.39, 0.29) is 11.9 Å². The Morgan fingerprint density at radius 2 is 1.74 bits per heavy atom. The number of carbonyl (C=O) groups is 1. The number of aromatic nitrogens is 1. The molecule has 0 amide bonds. The molecule has 14 heteroatoms. The summed E-state index contributed by atoms with van der Waals surface area (Å²) in [4.78, 5) is 26.3. The van der Waals surface area contributed by atoms with E-state index in [2.05, 4.69) is 32.6 Å². The van der Waals surface area contributed by atoms with Gasteiger partial charge in [0.1, 0.15) is 5.01 Å². The van der Waals surface area contributed by atoms with Gasteiger partial charge in [-0.25, -0.2) is 4.98 Å². The van der Waals surface area contributed by atoms with E-state index < -0.39 is 42.7 Å². The van der Waals surface area contributed by atoms with Gasteiger partial charge in [-0.05, 0) is 48.2 Å². The molecule has 0 saturated carbocycles. The first kappa shape index (κ1) is 30.0. The van der Waals surface area contributed by atoms with Crippen molar-refractivity contribution in [1.82, 2.24) is 11.1 Å². The molecule has 0 spiro atoms. The summed E-state index contributed by atoms with van der Waals surface area (Å²) in [5, 5.41) is 45.1. The van der Waals surface area contributed by atoms with Crippen molar-refractivity contribution in [3.63, 3.8) is 0 Å². The SMILES string of the molecule is O=C(O)C[C@H](N=C([O-])C[S-])C([O-])=NCC([O-])=Nc1ccc(-c2nc3ccccc3s2)cc1.[NH4+].[O]=[99Tc+3]. The van der Waals surface area contributed by atoms with Crippen LogP contribution < -0.4 is 21.5 Å². The van der Waals surface area contributed by atoms with Crippen molar-refractivity contribution >= 4 is 63.5 Å². The molecule has 0 radical (unpaired) electrons. The van der Waals surface area contributed by atoms with Crippen molar-refractivity contribution in [3.8, 4) is 10.6 Å². The molecule has 0 aliphatic carbocycles. The van der Waals surface area contributed by atoms with E-state index in [1.54, 1.807) is 35.6 Å². The van der Waals surface area contributed by atoms with Crippen molar-refractivity contribution in [2.45, 2.75) is 12.5 Å². The van der Waals surface area contributed by atoms with Crippen LogP contribution in [0.4, 0.5) is 5.69 Å². The fraction of sp³-hybridized carbons (Fsp3) is 0.190. The number of aliphatic imine (C=N–C) groups is 3. The molecule has 0 aliphatic heterocycles. The van der Waals surface area contributed by atoms with Gasteiger partial charge in [-0.15, -0.1) is 17.1 Å². The summed E-state index contributed by atoms with van der Waals surface area (Å²) >= 11 is 6.98. The maximum absolute atomic E-state index is 12.1. The van der Waals surface area contributed by atoms with E-state index in [0.717, 1.165) is 39.6 Å². The molecule has 3 aromatic rings. The Morgan fingerprint density at radius 1 is 1.09 bits per heavy atom. The third-order valence-corrected chi connectivity index (χ3v) is 5.44. The molecule has 0 aliphatic rings. The Kier molecular flexibility index (Phi) is 12.9. The number of fused-ring (bicyclic) bond motifs is 1. The van der Waals surface area contributed by atoms with Crippen LogP contribution in [-0.4, -0.2) is 52.1 Å². The summed E-state index contributed by atoms with van der Waals surface area (Å²) in [6, 6.07) is 13.1. The Bertz CT molecular complexity index is 1180. The Hall–Kier alpha value is -3.03. The summed E-state index contributed by atoms with van der Waals surface area (Å²) in [7, 11) is 0. The van der Waals surface area contributed by atoms with Crippen LogP contribution >= 0.6 is 11.3 Å². The van der Waals surface area contributed by atoms with E-state index in [9.17, 15) is 20.1 Å². The van der Waals surface area contributed by atoms with Gasteiger partial charge in [0.15, 0.2) is 0 Å². The molecule has 11 nitrogen and oxygen atoms in total. The Labute approximate surface area is 220 Å². The van der Waals surface area contributed by atoms with Crippen LogP contribution in [0.3, 0.4) is 0 Å². The van der Waals surface area contributed by atoms with Gasteiger partial charge in [0.25, 0.3) is 0 Å². The third-order valence-electron chi connectivity index (χ3n) is 4.11. The van der Waals surface area contributed by atoms with Crippen LogP contribution in [-0.2, 0) is 39.8 Å². The zero-order valence-electron chi connectivity index (χ0n) is 18.3. The number of carboxylic acid groups (broad SMARTS) is 1. The molecule has 3 rings (SSSR count). The van der Waals surface area contributed by atoms with E-state index in [1.165, 1.54) is 0 Å². The van der Waals surface area contributed by atoms with Gasteiger partial charge in [0, 0.05) is 5.56 Å². The topological polar surface area (TPSA) is 210 Å². The maximum atomic E-state index is 12.1. The van der Waals surface area contributed by atoms with Gasteiger partial charge < -0.3 is 39.2 Å². The first-order chi connectivity index (χ1) is 16.4. The van der Waals surface area contributed by atoms with Crippen LogP contribution in [0.1, 0.15) is 6.42 Å². The number of para-hydroxylation sites is 1. The monoisotopic (exact) mass is 601 g/mol. The van der Waals surface area contributed by atoms with Crippen molar-refractivity contribution in [2.24, 2.45) is 15.0 Å². The second-order valence-corrected chi connectivity index (χ2v) is 7.79. The number of aliphatic carboxylic acids is 1. The van der Waals surface area contributed by atoms with Crippen molar-refractivity contribution in [3.05, 3.63) is 48.5 Å². The van der Waals surface area contributed by atoms with Crippen molar-refractivity contribution in [1.29, 1.82) is 0 Å². The quantitative estimate of drug-likeness (QED) is 0.200. The fourth-order valence-electron chi connectivity index (χ4n) is 2.67. The molecule has 5 N–H and O–H groups in total. The molecular formula is C21H20N5O6S2Tc. The van der Waals surface area contributed by atoms with E-state index in [4.69, 9.17) is 8.61 Å². The normalized spacial score (nSPS) is 12.9. The minimum atomic E-state index is -1.51. The number of rotatable bonds is 9. The molecule has 0 unspecified atom stereocenters. The van der Waals surface area contributed by atoms with Crippen LogP contribution in [0, 0.1) is 0 Å². The molecule has 0 saturated heterocycles.